The summed E-state index contributed by atoms with van der Waals surface area (Å²) in [6.07, 6.45) is 3.21. The first-order valence-corrected chi connectivity index (χ1v) is 9.92. The molecule has 3 heterocycles. The summed E-state index contributed by atoms with van der Waals surface area (Å²) in [5.41, 5.74) is 5.60. The first-order valence-electron chi connectivity index (χ1n) is 9.13. The SMILES string of the molecule is OCC#Cc1ccc2c(c1)C1OCCC1C(c1c[nH]c3ccc(Br)cc13)N2. The fourth-order valence-electron chi connectivity index (χ4n) is 4.37. The Morgan fingerprint density at radius 2 is 2.11 bits per heavy atom. The largest absolute Gasteiger partial charge is 0.384 e. The molecule has 5 rings (SSSR count). The van der Waals surface area contributed by atoms with Gasteiger partial charge in [0.05, 0.1) is 12.1 Å². The zero-order chi connectivity index (χ0) is 18.4. The molecule has 0 radical (unpaired) electrons. The number of aromatic amines is 1. The van der Waals surface area contributed by atoms with Crippen LogP contribution in [0.25, 0.3) is 10.9 Å². The number of ether oxygens (including phenoxy) is 1. The van der Waals surface area contributed by atoms with Crippen LogP contribution in [0.4, 0.5) is 5.69 Å². The molecule has 3 atom stereocenters. The average molecular weight is 423 g/mol. The van der Waals surface area contributed by atoms with Crippen LogP contribution >= 0.6 is 15.9 Å². The summed E-state index contributed by atoms with van der Waals surface area (Å²) in [6, 6.07) is 12.7. The number of aromatic nitrogens is 1. The van der Waals surface area contributed by atoms with Crippen LogP contribution in [0.5, 0.6) is 0 Å². The Balaban J connectivity index is 1.59. The van der Waals surface area contributed by atoms with Gasteiger partial charge in [0.2, 0.25) is 0 Å². The Morgan fingerprint density at radius 3 is 3.00 bits per heavy atom. The first-order chi connectivity index (χ1) is 13.2. The number of H-pyrrole nitrogens is 1. The minimum absolute atomic E-state index is 0.0687. The van der Waals surface area contributed by atoms with Gasteiger partial charge < -0.3 is 20.1 Å². The maximum Gasteiger partial charge on any atom is 0.104 e. The summed E-state index contributed by atoms with van der Waals surface area (Å²) in [5.74, 6) is 6.10. The fourth-order valence-corrected chi connectivity index (χ4v) is 4.73. The maximum absolute atomic E-state index is 8.95. The zero-order valence-corrected chi connectivity index (χ0v) is 16.2. The van der Waals surface area contributed by atoms with E-state index < -0.39 is 0 Å². The molecule has 0 aliphatic carbocycles. The highest BCUT2D eigenvalue weighted by Gasteiger charge is 2.42. The van der Waals surface area contributed by atoms with E-state index in [4.69, 9.17) is 9.84 Å². The number of aliphatic hydroxyl groups is 1. The quantitative estimate of drug-likeness (QED) is 0.505. The van der Waals surface area contributed by atoms with Gasteiger partial charge in [0, 0.05) is 56.5 Å². The number of halogens is 1. The lowest BCUT2D eigenvalue weighted by Crippen LogP contribution is -2.29. The van der Waals surface area contributed by atoms with E-state index in [-0.39, 0.29) is 18.8 Å². The molecule has 1 aromatic heterocycles. The summed E-state index contributed by atoms with van der Waals surface area (Å²) >= 11 is 3.60. The Labute approximate surface area is 166 Å². The van der Waals surface area contributed by atoms with Gasteiger partial charge in [-0.2, -0.15) is 0 Å². The van der Waals surface area contributed by atoms with Crippen LogP contribution in [0.1, 0.15) is 35.3 Å². The molecule has 2 aromatic carbocycles. The van der Waals surface area contributed by atoms with Crippen LogP contribution in [-0.2, 0) is 4.74 Å². The lowest BCUT2D eigenvalue weighted by Gasteiger charge is -2.36. The Bertz CT molecular complexity index is 1080. The monoisotopic (exact) mass is 422 g/mol. The predicted molar refractivity (Wildman–Crippen MR) is 110 cm³/mol. The van der Waals surface area contributed by atoms with E-state index in [9.17, 15) is 0 Å². The van der Waals surface area contributed by atoms with Gasteiger partial charge in [-0.1, -0.05) is 27.8 Å². The standard InChI is InChI=1S/C22H19BrN2O2/c23-14-4-6-19-16(11-14)18(12-24-19)21-15-7-9-27-22(15)17-10-13(2-1-8-26)3-5-20(17)25-21/h3-6,10-12,15,21-22,24-26H,7-9H2. The van der Waals surface area contributed by atoms with Crippen molar-refractivity contribution in [3.63, 3.8) is 0 Å². The number of benzene rings is 2. The van der Waals surface area contributed by atoms with E-state index in [1.165, 1.54) is 16.5 Å². The Morgan fingerprint density at radius 1 is 1.19 bits per heavy atom. The van der Waals surface area contributed by atoms with Gasteiger partial charge in [-0.15, -0.1) is 0 Å². The van der Waals surface area contributed by atoms with E-state index in [0.717, 1.165) is 34.3 Å². The van der Waals surface area contributed by atoms with Crippen molar-refractivity contribution < 1.29 is 9.84 Å². The number of rotatable bonds is 1. The van der Waals surface area contributed by atoms with Crippen molar-refractivity contribution in [1.29, 1.82) is 0 Å². The van der Waals surface area contributed by atoms with Gasteiger partial charge in [-0.3, -0.25) is 0 Å². The minimum Gasteiger partial charge on any atom is -0.384 e. The molecule has 3 aromatic rings. The summed E-state index contributed by atoms with van der Waals surface area (Å²) in [5, 5.41) is 13.9. The lowest BCUT2D eigenvalue weighted by molar-refractivity contribution is 0.0830. The van der Waals surface area contributed by atoms with Crippen LogP contribution in [0.15, 0.2) is 47.1 Å². The normalized spacial score (nSPS) is 23.3. The molecular weight excluding hydrogens is 404 g/mol. The molecule has 2 aliphatic heterocycles. The van der Waals surface area contributed by atoms with Gasteiger partial charge in [-0.25, -0.2) is 0 Å². The highest BCUT2D eigenvalue weighted by atomic mass is 79.9. The number of fused-ring (bicyclic) bond motifs is 4. The molecule has 1 fully saturated rings. The van der Waals surface area contributed by atoms with Crippen molar-refractivity contribution in [2.24, 2.45) is 5.92 Å². The third kappa shape index (κ3) is 2.85. The summed E-state index contributed by atoms with van der Waals surface area (Å²) in [7, 11) is 0. The van der Waals surface area contributed by atoms with Crippen LogP contribution in [0.3, 0.4) is 0 Å². The molecule has 4 nitrogen and oxygen atoms in total. The molecule has 27 heavy (non-hydrogen) atoms. The second-order valence-corrected chi connectivity index (χ2v) is 7.98. The third-order valence-corrected chi connectivity index (χ3v) is 6.05. The number of nitrogens with one attached hydrogen (secondary N) is 2. The smallest absolute Gasteiger partial charge is 0.104 e. The molecule has 3 N–H and O–H groups in total. The molecule has 1 saturated heterocycles. The van der Waals surface area contributed by atoms with E-state index in [0.29, 0.717) is 5.92 Å². The fraction of sp³-hybridized carbons (Fsp3) is 0.273. The second-order valence-electron chi connectivity index (χ2n) is 7.06. The van der Waals surface area contributed by atoms with Crippen LogP contribution in [0, 0.1) is 17.8 Å². The number of aliphatic hydroxyl groups excluding tert-OH is 1. The zero-order valence-electron chi connectivity index (χ0n) is 14.6. The Kier molecular flexibility index (Phi) is 4.20. The molecule has 5 heteroatoms. The van der Waals surface area contributed by atoms with Crippen molar-refractivity contribution in [1.82, 2.24) is 4.98 Å². The number of hydrogen-bond donors (Lipinski definition) is 3. The van der Waals surface area contributed by atoms with E-state index in [1.54, 1.807) is 0 Å². The molecule has 136 valence electrons. The molecular formula is C22H19BrN2O2. The van der Waals surface area contributed by atoms with Gasteiger partial charge in [0.25, 0.3) is 0 Å². The van der Waals surface area contributed by atoms with Crippen molar-refractivity contribution in [2.75, 3.05) is 18.5 Å². The van der Waals surface area contributed by atoms with Gasteiger partial charge in [-0.05, 0) is 42.8 Å². The van der Waals surface area contributed by atoms with E-state index >= 15 is 0 Å². The Hall–Kier alpha value is -2.26. The molecule has 2 aliphatic rings. The number of hydrogen-bond acceptors (Lipinski definition) is 3. The van der Waals surface area contributed by atoms with Crippen molar-refractivity contribution in [3.8, 4) is 11.8 Å². The van der Waals surface area contributed by atoms with Crippen LogP contribution in [-0.4, -0.2) is 23.3 Å². The van der Waals surface area contributed by atoms with Gasteiger partial charge in [0.1, 0.15) is 6.61 Å². The minimum atomic E-state index is -0.129. The van der Waals surface area contributed by atoms with E-state index in [1.807, 2.05) is 6.07 Å². The predicted octanol–water partition coefficient (Wildman–Crippen LogP) is 4.52. The van der Waals surface area contributed by atoms with Crippen LogP contribution in [0.2, 0.25) is 0 Å². The van der Waals surface area contributed by atoms with Crippen molar-refractivity contribution >= 4 is 32.5 Å². The average Bonchev–Trinajstić information content (AvgIpc) is 3.33. The second kappa shape index (κ2) is 6.72. The maximum atomic E-state index is 8.95. The summed E-state index contributed by atoms with van der Waals surface area (Å²) in [4.78, 5) is 3.41. The molecule has 0 amide bonds. The highest BCUT2D eigenvalue weighted by molar-refractivity contribution is 9.10. The van der Waals surface area contributed by atoms with Gasteiger partial charge in [0.15, 0.2) is 0 Å². The summed E-state index contributed by atoms with van der Waals surface area (Å²) < 4.78 is 7.23. The molecule has 0 saturated carbocycles. The van der Waals surface area contributed by atoms with Gasteiger partial charge >= 0.3 is 0 Å². The first kappa shape index (κ1) is 16.9. The van der Waals surface area contributed by atoms with Crippen molar-refractivity contribution in [2.45, 2.75) is 18.6 Å². The van der Waals surface area contributed by atoms with E-state index in [2.05, 4.69) is 74.6 Å². The summed E-state index contributed by atoms with van der Waals surface area (Å²) in [6.45, 7) is 0.641. The van der Waals surface area contributed by atoms with Crippen LogP contribution < -0.4 is 5.32 Å². The third-order valence-electron chi connectivity index (χ3n) is 5.56. The molecule has 0 bridgehead atoms. The molecule has 0 spiro atoms. The highest BCUT2D eigenvalue weighted by Crippen LogP contribution is 2.51. The molecule has 3 unspecified atom stereocenters. The van der Waals surface area contributed by atoms with Crippen molar-refractivity contribution in [3.05, 3.63) is 63.8 Å². The topological polar surface area (TPSA) is 57.3 Å². The lowest BCUT2D eigenvalue weighted by atomic mass is 9.80. The number of anilines is 1.